The maximum absolute atomic E-state index is 5.53. The molecule has 0 N–H and O–H groups in total. The maximum atomic E-state index is 5.53. The van der Waals surface area contributed by atoms with Crippen LogP contribution in [-0.2, 0) is 0 Å². The molecule has 1 unspecified atom stereocenters. The summed E-state index contributed by atoms with van der Waals surface area (Å²) in [6.07, 6.45) is 2.89. The first kappa shape index (κ1) is 20.1. The summed E-state index contributed by atoms with van der Waals surface area (Å²) in [4.78, 5) is 6.89. The topological polar surface area (TPSA) is 34.6 Å². The molecule has 2 heterocycles. The number of hydrogen-bond donors (Lipinski definition) is 0. The molecule has 0 aliphatic carbocycles. The van der Waals surface area contributed by atoms with Gasteiger partial charge in [-0.25, -0.2) is 5.01 Å². The molecule has 2 aliphatic rings. The Morgan fingerprint density at radius 1 is 0.967 bits per heavy atom. The van der Waals surface area contributed by atoms with Crippen molar-refractivity contribution < 1.29 is 4.74 Å². The van der Waals surface area contributed by atoms with Gasteiger partial charge in [0.2, 0.25) is 0 Å². The van der Waals surface area contributed by atoms with Crippen molar-refractivity contribution in [3.05, 3.63) is 60.9 Å². The first-order valence-corrected chi connectivity index (χ1v) is 10.7. The van der Waals surface area contributed by atoms with Crippen LogP contribution in [0.4, 0.5) is 17.1 Å². The fraction of sp³-hybridized carbons (Fsp3) is 0.375. The number of para-hydroxylation sites is 2. The average molecular weight is 406 g/mol. The van der Waals surface area contributed by atoms with Gasteiger partial charge in [-0.15, -0.1) is 0 Å². The van der Waals surface area contributed by atoms with Gasteiger partial charge in [-0.2, -0.15) is 5.10 Å². The van der Waals surface area contributed by atoms with E-state index < -0.39 is 0 Å². The minimum Gasteiger partial charge on any atom is -0.495 e. The lowest BCUT2D eigenvalue weighted by atomic mass is 10.2. The van der Waals surface area contributed by atoms with Crippen LogP contribution in [-0.4, -0.2) is 50.7 Å². The summed E-state index contributed by atoms with van der Waals surface area (Å²) in [5.41, 5.74) is 3.51. The predicted molar refractivity (Wildman–Crippen MR) is 126 cm³/mol. The largest absolute Gasteiger partial charge is 0.495 e. The van der Waals surface area contributed by atoms with E-state index >= 15 is 0 Å². The van der Waals surface area contributed by atoms with Gasteiger partial charge in [0, 0.05) is 37.6 Å². The highest BCUT2D eigenvalue weighted by Gasteiger charge is 2.25. The Morgan fingerprint density at radius 3 is 2.27 bits per heavy atom. The monoisotopic (exact) mass is 405 g/mol. The Hall–Kier alpha value is -3.15. The number of anilines is 3. The van der Waals surface area contributed by atoms with Gasteiger partial charge in [0.05, 0.1) is 18.8 Å². The molecule has 0 aromatic heterocycles. The van der Waals surface area contributed by atoms with Crippen LogP contribution in [0.15, 0.2) is 66.0 Å². The average Bonchev–Trinajstić information content (AvgIpc) is 3.20. The van der Waals surface area contributed by atoms with Crippen molar-refractivity contribution in [3.63, 3.8) is 0 Å². The minimum absolute atomic E-state index is 0.345. The van der Waals surface area contributed by atoms with Crippen LogP contribution in [0.2, 0.25) is 0 Å². The van der Waals surface area contributed by atoms with Crippen LogP contribution in [0, 0.1) is 0 Å². The molecule has 0 bridgehead atoms. The quantitative estimate of drug-likeness (QED) is 0.714. The van der Waals surface area contributed by atoms with Crippen LogP contribution < -0.4 is 19.4 Å². The van der Waals surface area contributed by atoms with Gasteiger partial charge in [0.1, 0.15) is 17.9 Å². The zero-order chi connectivity index (χ0) is 21.1. The second kappa shape index (κ2) is 8.69. The Labute approximate surface area is 179 Å². The zero-order valence-electron chi connectivity index (χ0n) is 18.2. The first-order chi connectivity index (χ1) is 14.6. The zero-order valence-corrected chi connectivity index (χ0v) is 18.2. The molecular weight excluding hydrogens is 374 g/mol. The fourth-order valence-corrected chi connectivity index (χ4v) is 4.03. The second-order valence-electron chi connectivity index (χ2n) is 7.78. The number of benzene rings is 2. The molecule has 6 nitrogen and oxygen atoms in total. The van der Waals surface area contributed by atoms with E-state index in [-0.39, 0.29) is 0 Å². The molecular formula is C24H31N5O. The number of rotatable bonds is 6. The molecule has 4 rings (SSSR count). The van der Waals surface area contributed by atoms with E-state index in [1.807, 2.05) is 23.5 Å². The third-order valence-electron chi connectivity index (χ3n) is 6.04. The second-order valence-corrected chi connectivity index (χ2v) is 7.78. The molecule has 1 saturated heterocycles. The third kappa shape index (κ3) is 3.82. The van der Waals surface area contributed by atoms with E-state index in [0.29, 0.717) is 6.04 Å². The summed E-state index contributed by atoms with van der Waals surface area (Å²) in [7, 11) is 1.73. The number of piperazine rings is 1. The maximum Gasteiger partial charge on any atom is 0.142 e. The van der Waals surface area contributed by atoms with Crippen molar-refractivity contribution in [1.82, 2.24) is 5.01 Å². The van der Waals surface area contributed by atoms with Gasteiger partial charge in [-0.1, -0.05) is 25.6 Å². The number of methoxy groups -OCH3 is 1. The highest BCUT2D eigenvalue weighted by Crippen LogP contribution is 2.31. The Kier molecular flexibility index (Phi) is 5.84. The highest BCUT2D eigenvalue weighted by molar-refractivity contribution is 5.85. The lowest BCUT2D eigenvalue weighted by Gasteiger charge is -2.38. The van der Waals surface area contributed by atoms with Crippen molar-refractivity contribution in [2.24, 2.45) is 5.10 Å². The number of hydrazone groups is 1. The minimum atomic E-state index is 0.345. The number of nitrogens with zero attached hydrogens (tertiary/aromatic N) is 5. The van der Waals surface area contributed by atoms with Crippen LogP contribution >= 0.6 is 0 Å². The van der Waals surface area contributed by atoms with Crippen molar-refractivity contribution in [2.75, 3.05) is 48.0 Å². The third-order valence-corrected chi connectivity index (χ3v) is 6.04. The molecule has 0 saturated carbocycles. The van der Waals surface area contributed by atoms with Gasteiger partial charge >= 0.3 is 0 Å². The van der Waals surface area contributed by atoms with E-state index in [1.165, 1.54) is 11.4 Å². The number of ether oxygens (including phenoxy) is 1. The summed E-state index contributed by atoms with van der Waals surface area (Å²) in [5.74, 6) is 1.84. The van der Waals surface area contributed by atoms with E-state index in [2.05, 4.69) is 76.6 Å². The van der Waals surface area contributed by atoms with Crippen LogP contribution in [0.1, 0.15) is 20.3 Å². The Morgan fingerprint density at radius 2 is 1.60 bits per heavy atom. The molecule has 2 aliphatic heterocycles. The van der Waals surface area contributed by atoms with Crippen molar-refractivity contribution >= 4 is 23.4 Å². The van der Waals surface area contributed by atoms with Crippen LogP contribution in [0.5, 0.6) is 5.75 Å². The fourth-order valence-electron chi connectivity index (χ4n) is 4.03. The molecule has 0 radical (unpaired) electrons. The van der Waals surface area contributed by atoms with Crippen molar-refractivity contribution in [3.8, 4) is 5.75 Å². The molecule has 1 atom stereocenters. The van der Waals surface area contributed by atoms with Gasteiger partial charge in [0.25, 0.3) is 0 Å². The standard InChI is InChI=1S/C24H31N5O/c1-5-19(2)29-20(3)28(18-25-29)22-12-10-21(11-13-22)26-14-16-27(17-15-26)23-8-6-7-9-24(23)30-4/h6-13,18-19H,3,5,14-17H2,1-2,4H3. The molecule has 0 spiro atoms. The van der Waals surface area contributed by atoms with Crippen molar-refractivity contribution in [2.45, 2.75) is 26.3 Å². The summed E-state index contributed by atoms with van der Waals surface area (Å²) >= 11 is 0. The lowest BCUT2D eigenvalue weighted by Crippen LogP contribution is -2.46. The molecule has 0 amide bonds. The predicted octanol–water partition coefficient (Wildman–Crippen LogP) is 4.36. The SMILES string of the molecule is C=C1N(c2ccc(N3CCN(c4ccccc4OC)CC3)cc2)C=NN1C(C)CC. The van der Waals surface area contributed by atoms with Gasteiger partial charge in [-0.3, -0.25) is 4.90 Å². The smallest absolute Gasteiger partial charge is 0.142 e. The van der Waals surface area contributed by atoms with E-state index in [9.17, 15) is 0 Å². The summed E-state index contributed by atoms with van der Waals surface area (Å²) in [6.45, 7) is 12.5. The summed E-state index contributed by atoms with van der Waals surface area (Å²) < 4.78 is 5.53. The van der Waals surface area contributed by atoms with Crippen molar-refractivity contribution in [1.29, 1.82) is 0 Å². The summed E-state index contributed by atoms with van der Waals surface area (Å²) in [5, 5.41) is 6.51. The molecule has 2 aromatic carbocycles. The first-order valence-electron chi connectivity index (χ1n) is 10.7. The van der Waals surface area contributed by atoms with E-state index in [1.54, 1.807) is 7.11 Å². The molecule has 158 valence electrons. The normalized spacial score (nSPS) is 17.6. The molecule has 2 aromatic rings. The van der Waals surface area contributed by atoms with E-state index in [0.717, 1.165) is 49.9 Å². The van der Waals surface area contributed by atoms with Gasteiger partial charge in [0.15, 0.2) is 0 Å². The van der Waals surface area contributed by atoms with Gasteiger partial charge in [-0.05, 0) is 49.7 Å². The van der Waals surface area contributed by atoms with Gasteiger partial charge < -0.3 is 14.5 Å². The van der Waals surface area contributed by atoms with Crippen LogP contribution in [0.3, 0.4) is 0 Å². The molecule has 6 heteroatoms. The highest BCUT2D eigenvalue weighted by atomic mass is 16.5. The van der Waals surface area contributed by atoms with Crippen LogP contribution in [0.25, 0.3) is 0 Å². The molecule has 1 fully saturated rings. The number of hydrogen-bond acceptors (Lipinski definition) is 6. The molecule has 30 heavy (non-hydrogen) atoms. The Bertz CT molecular complexity index is 902. The van der Waals surface area contributed by atoms with E-state index in [4.69, 9.17) is 4.74 Å². The lowest BCUT2D eigenvalue weighted by molar-refractivity contribution is 0.286. The Balaban J connectivity index is 1.39. The summed E-state index contributed by atoms with van der Waals surface area (Å²) in [6, 6.07) is 17.3.